The van der Waals surface area contributed by atoms with E-state index >= 15 is 0 Å². The van der Waals surface area contributed by atoms with E-state index in [-0.39, 0.29) is 24.4 Å². The SMILES string of the molecule is Nc1ccc(C(=O)CC(=O)Cc2ccc3nc(N)sc3c2)cc1. The van der Waals surface area contributed by atoms with E-state index in [1.807, 2.05) is 18.2 Å². The van der Waals surface area contributed by atoms with Crippen LogP contribution in [0.2, 0.25) is 0 Å². The van der Waals surface area contributed by atoms with Gasteiger partial charge in [-0.1, -0.05) is 17.4 Å². The van der Waals surface area contributed by atoms with Crippen LogP contribution in [-0.4, -0.2) is 16.6 Å². The zero-order valence-electron chi connectivity index (χ0n) is 12.3. The molecule has 0 aliphatic carbocycles. The Kier molecular flexibility index (Phi) is 4.08. The van der Waals surface area contributed by atoms with E-state index in [9.17, 15) is 9.59 Å². The number of aromatic nitrogens is 1. The molecule has 1 heterocycles. The van der Waals surface area contributed by atoms with Gasteiger partial charge >= 0.3 is 0 Å². The van der Waals surface area contributed by atoms with Crippen molar-refractivity contribution in [3.63, 3.8) is 0 Å². The number of anilines is 2. The number of thiazole rings is 1. The first kappa shape index (κ1) is 15.2. The normalized spacial score (nSPS) is 10.8. The molecule has 0 amide bonds. The number of nitrogens with zero attached hydrogens (tertiary/aromatic N) is 1. The van der Waals surface area contributed by atoms with E-state index in [1.165, 1.54) is 11.3 Å². The molecule has 6 heteroatoms. The Bertz CT molecular complexity index is 884. The number of nitrogen functional groups attached to an aromatic ring is 2. The summed E-state index contributed by atoms with van der Waals surface area (Å²) < 4.78 is 0.942. The topological polar surface area (TPSA) is 99.1 Å². The molecular formula is C17H15N3O2S. The number of nitrogens with two attached hydrogens (primary N) is 2. The van der Waals surface area contributed by atoms with E-state index in [2.05, 4.69) is 4.98 Å². The molecular weight excluding hydrogens is 310 g/mol. The Hall–Kier alpha value is -2.73. The van der Waals surface area contributed by atoms with Crippen LogP contribution in [0.3, 0.4) is 0 Å². The molecule has 0 saturated carbocycles. The predicted octanol–water partition coefficient (Wildman–Crippen LogP) is 2.85. The monoisotopic (exact) mass is 325 g/mol. The summed E-state index contributed by atoms with van der Waals surface area (Å²) in [5.41, 5.74) is 14.0. The van der Waals surface area contributed by atoms with Gasteiger partial charge in [-0.25, -0.2) is 4.98 Å². The summed E-state index contributed by atoms with van der Waals surface area (Å²) in [7, 11) is 0. The zero-order chi connectivity index (χ0) is 16.4. The molecule has 0 fully saturated rings. The summed E-state index contributed by atoms with van der Waals surface area (Å²) in [6.07, 6.45) is 0.0985. The van der Waals surface area contributed by atoms with Crippen LogP contribution in [-0.2, 0) is 11.2 Å². The third-order valence-electron chi connectivity index (χ3n) is 3.46. The van der Waals surface area contributed by atoms with Crippen molar-refractivity contribution in [2.75, 3.05) is 11.5 Å². The maximum Gasteiger partial charge on any atom is 0.181 e. The molecule has 0 atom stereocenters. The molecule has 0 radical (unpaired) electrons. The molecule has 3 aromatic rings. The van der Waals surface area contributed by atoms with Crippen molar-refractivity contribution in [3.05, 3.63) is 53.6 Å². The summed E-state index contributed by atoms with van der Waals surface area (Å²) >= 11 is 1.38. The van der Waals surface area contributed by atoms with Crippen molar-refractivity contribution in [3.8, 4) is 0 Å². The van der Waals surface area contributed by atoms with Crippen LogP contribution in [0.1, 0.15) is 22.3 Å². The first-order chi connectivity index (χ1) is 11.0. The second kappa shape index (κ2) is 6.18. The van der Waals surface area contributed by atoms with Crippen LogP contribution in [0.4, 0.5) is 10.8 Å². The highest BCUT2D eigenvalue weighted by Crippen LogP contribution is 2.25. The first-order valence-corrected chi connectivity index (χ1v) is 7.88. The van der Waals surface area contributed by atoms with Gasteiger partial charge in [0.1, 0.15) is 5.78 Å². The zero-order valence-corrected chi connectivity index (χ0v) is 13.1. The van der Waals surface area contributed by atoms with Gasteiger partial charge < -0.3 is 11.5 Å². The Morgan fingerprint density at radius 2 is 1.78 bits per heavy atom. The van der Waals surface area contributed by atoms with Gasteiger partial charge in [0, 0.05) is 17.7 Å². The van der Waals surface area contributed by atoms with Gasteiger partial charge in [0.25, 0.3) is 0 Å². The number of benzene rings is 2. The summed E-state index contributed by atoms with van der Waals surface area (Å²) in [5.74, 6) is -0.318. The largest absolute Gasteiger partial charge is 0.399 e. The van der Waals surface area contributed by atoms with Crippen molar-refractivity contribution in [1.82, 2.24) is 4.98 Å². The van der Waals surface area contributed by atoms with Gasteiger partial charge in [0.15, 0.2) is 10.9 Å². The van der Waals surface area contributed by atoms with Gasteiger partial charge in [-0.3, -0.25) is 9.59 Å². The smallest absolute Gasteiger partial charge is 0.181 e. The number of carbonyl (C=O) groups is 2. The molecule has 2 aromatic carbocycles. The summed E-state index contributed by atoms with van der Waals surface area (Å²) in [5, 5.41) is 0.502. The van der Waals surface area contributed by atoms with Crippen LogP contribution in [0.15, 0.2) is 42.5 Å². The van der Waals surface area contributed by atoms with Gasteiger partial charge in [0.05, 0.1) is 16.6 Å². The van der Waals surface area contributed by atoms with Crippen LogP contribution >= 0.6 is 11.3 Å². The molecule has 4 N–H and O–H groups in total. The molecule has 0 bridgehead atoms. The van der Waals surface area contributed by atoms with Crippen LogP contribution < -0.4 is 11.5 Å². The highest BCUT2D eigenvalue weighted by atomic mass is 32.1. The van der Waals surface area contributed by atoms with Gasteiger partial charge in [-0.05, 0) is 42.0 Å². The average molecular weight is 325 g/mol. The van der Waals surface area contributed by atoms with E-state index in [0.29, 0.717) is 16.4 Å². The summed E-state index contributed by atoms with van der Waals surface area (Å²) in [6.45, 7) is 0. The number of ketones is 2. The van der Waals surface area contributed by atoms with E-state index in [1.54, 1.807) is 24.3 Å². The Morgan fingerprint density at radius 1 is 1.04 bits per heavy atom. The van der Waals surface area contributed by atoms with Gasteiger partial charge in [0.2, 0.25) is 0 Å². The number of hydrogen-bond acceptors (Lipinski definition) is 6. The molecule has 3 rings (SSSR count). The van der Waals surface area contributed by atoms with Crippen molar-refractivity contribution in [2.24, 2.45) is 0 Å². The maximum absolute atomic E-state index is 12.1. The van der Waals surface area contributed by atoms with Crippen molar-refractivity contribution >= 4 is 43.9 Å². The maximum atomic E-state index is 12.1. The minimum absolute atomic E-state index is 0.118. The molecule has 1 aromatic heterocycles. The third kappa shape index (κ3) is 3.54. The molecule has 0 saturated heterocycles. The Labute approximate surface area is 136 Å². The Balaban J connectivity index is 1.68. The minimum Gasteiger partial charge on any atom is -0.399 e. The molecule has 23 heavy (non-hydrogen) atoms. The van der Waals surface area contributed by atoms with E-state index in [4.69, 9.17) is 11.5 Å². The minimum atomic E-state index is -0.196. The standard InChI is InChI=1S/C17H15N3O2S/c18-12-4-2-11(3-5-12)15(22)9-13(21)7-10-1-6-14-16(8-10)23-17(19)20-14/h1-6,8H,7,9,18H2,(H2,19,20). The number of carbonyl (C=O) groups excluding carboxylic acids is 2. The fourth-order valence-corrected chi connectivity index (χ4v) is 3.13. The second-order valence-electron chi connectivity index (χ2n) is 5.29. The lowest BCUT2D eigenvalue weighted by Crippen LogP contribution is -2.10. The number of fused-ring (bicyclic) bond motifs is 1. The summed E-state index contributed by atoms with van der Waals surface area (Å²) in [6, 6.07) is 12.2. The fraction of sp³-hybridized carbons (Fsp3) is 0.118. The lowest BCUT2D eigenvalue weighted by molar-refractivity contribution is -0.117. The van der Waals surface area contributed by atoms with E-state index < -0.39 is 0 Å². The third-order valence-corrected chi connectivity index (χ3v) is 4.31. The number of Topliss-reactive ketones (excluding diaryl/α,β-unsaturated/α-hetero) is 2. The lowest BCUT2D eigenvalue weighted by Gasteiger charge is -2.02. The average Bonchev–Trinajstić information content (AvgIpc) is 2.87. The van der Waals surface area contributed by atoms with Crippen molar-refractivity contribution in [1.29, 1.82) is 0 Å². The first-order valence-electron chi connectivity index (χ1n) is 7.06. The van der Waals surface area contributed by atoms with Gasteiger partial charge in [-0.2, -0.15) is 0 Å². The molecule has 0 spiro atoms. The van der Waals surface area contributed by atoms with E-state index in [0.717, 1.165) is 15.8 Å². The van der Waals surface area contributed by atoms with Crippen molar-refractivity contribution < 1.29 is 9.59 Å². The highest BCUT2D eigenvalue weighted by molar-refractivity contribution is 7.22. The molecule has 0 unspecified atom stereocenters. The molecule has 116 valence electrons. The second-order valence-corrected chi connectivity index (χ2v) is 6.35. The van der Waals surface area contributed by atoms with Crippen LogP contribution in [0.25, 0.3) is 10.2 Å². The number of hydrogen-bond donors (Lipinski definition) is 2. The fourth-order valence-electron chi connectivity index (χ4n) is 2.34. The molecule has 5 nitrogen and oxygen atoms in total. The Morgan fingerprint density at radius 3 is 2.52 bits per heavy atom. The summed E-state index contributed by atoms with van der Waals surface area (Å²) in [4.78, 5) is 28.4. The highest BCUT2D eigenvalue weighted by Gasteiger charge is 2.13. The van der Waals surface area contributed by atoms with Gasteiger partial charge in [-0.15, -0.1) is 0 Å². The number of rotatable bonds is 5. The quantitative estimate of drug-likeness (QED) is 0.427. The van der Waals surface area contributed by atoms with Crippen LogP contribution in [0, 0.1) is 0 Å². The van der Waals surface area contributed by atoms with Crippen molar-refractivity contribution in [2.45, 2.75) is 12.8 Å². The lowest BCUT2D eigenvalue weighted by atomic mass is 10.0. The molecule has 0 aliphatic rings. The van der Waals surface area contributed by atoms with Crippen LogP contribution in [0.5, 0.6) is 0 Å². The molecule has 0 aliphatic heterocycles. The predicted molar refractivity (Wildman–Crippen MR) is 92.5 cm³/mol.